The molecule has 1 aliphatic rings. The minimum atomic E-state index is -1.02. The number of carbonyl (C=O) groups excluding carboxylic acids is 3. The molecule has 0 bridgehead atoms. The third kappa shape index (κ3) is 10.3. The number of nitrogens with zero attached hydrogens (tertiary/aromatic N) is 1. The smallest absolute Gasteiger partial charge is 0.413 e. The third-order valence-electron chi connectivity index (χ3n) is 6.53. The van der Waals surface area contributed by atoms with E-state index in [1.165, 1.54) is 29.2 Å². The number of phenolic OH excluding ortho intramolecular Hbond substituents is 1. The second-order valence-electron chi connectivity index (χ2n) is 12.5. The molecule has 3 rings (SSSR count). The van der Waals surface area contributed by atoms with Crippen molar-refractivity contribution in [2.24, 2.45) is 5.41 Å². The number of amides is 2. The molecule has 10 heteroatoms. The molecule has 3 atom stereocenters. The van der Waals surface area contributed by atoms with Crippen molar-refractivity contribution < 1.29 is 38.4 Å². The van der Waals surface area contributed by atoms with Gasteiger partial charge in [-0.2, -0.15) is 0 Å². The molecule has 2 amide bonds. The number of carbonyl (C=O) groups is 3. The predicted molar refractivity (Wildman–Crippen MR) is 157 cm³/mol. The summed E-state index contributed by atoms with van der Waals surface area (Å²) >= 11 is 0. The Labute approximate surface area is 248 Å². The van der Waals surface area contributed by atoms with Crippen LogP contribution in [-0.2, 0) is 30.4 Å². The van der Waals surface area contributed by atoms with Crippen LogP contribution in [0.1, 0.15) is 59.9 Å². The first-order valence-electron chi connectivity index (χ1n) is 14.3. The minimum Gasteiger partial charge on any atom is -0.508 e. The number of phenols is 1. The van der Waals surface area contributed by atoms with Crippen LogP contribution in [0.15, 0.2) is 54.6 Å². The average Bonchev–Trinajstić information content (AvgIpc) is 3.32. The second-order valence-corrected chi connectivity index (χ2v) is 12.5. The largest absolute Gasteiger partial charge is 0.508 e. The molecular weight excluding hydrogens is 540 g/mol. The maximum Gasteiger partial charge on any atom is 0.413 e. The van der Waals surface area contributed by atoms with Gasteiger partial charge in [-0.3, -0.25) is 4.79 Å². The molecule has 2 N–H and O–H groups in total. The zero-order valence-corrected chi connectivity index (χ0v) is 25.4. The maximum atomic E-state index is 13.9. The van der Waals surface area contributed by atoms with Gasteiger partial charge in [-0.05, 0) is 50.3 Å². The van der Waals surface area contributed by atoms with E-state index >= 15 is 0 Å². The van der Waals surface area contributed by atoms with Crippen LogP contribution in [0.2, 0.25) is 0 Å². The minimum absolute atomic E-state index is 0.0604. The van der Waals surface area contributed by atoms with E-state index in [1.807, 2.05) is 51.1 Å². The number of benzene rings is 2. The highest BCUT2D eigenvalue weighted by Gasteiger charge is 2.46. The van der Waals surface area contributed by atoms with Gasteiger partial charge >= 0.3 is 12.1 Å². The summed E-state index contributed by atoms with van der Waals surface area (Å²) in [7, 11) is 0. The summed E-state index contributed by atoms with van der Waals surface area (Å²) < 4.78 is 22.7. The van der Waals surface area contributed by atoms with E-state index in [4.69, 9.17) is 18.9 Å². The van der Waals surface area contributed by atoms with E-state index in [1.54, 1.807) is 20.8 Å². The van der Waals surface area contributed by atoms with E-state index in [0.29, 0.717) is 26.2 Å². The normalized spacial score (nSPS) is 17.9. The Morgan fingerprint density at radius 3 is 2.36 bits per heavy atom. The van der Waals surface area contributed by atoms with Crippen molar-refractivity contribution in [1.29, 1.82) is 0 Å². The van der Waals surface area contributed by atoms with Gasteiger partial charge in [-0.25, -0.2) is 9.59 Å². The van der Waals surface area contributed by atoms with Gasteiger partial charge in [0.25, 0.3) is 0 Å². The highest BCUT2D eigenvalue weighted by Crippen LogP contribution is 2.29. The molecule has 0 aliphatic carbocycles. The van der Waals surface area contributed by atoms with E-state index in [2.05, 4.69) is 5.32 Å². The van der Waals surface area contributed by atoms with Crippen molar-refractivity contribution in [2.45, 2.75) is 84.8 Å². The molecule has 1 heterocycles. The van der Waals surface area contributed by atoms with Crippen molar-refractivity contribution in [3.8, 4) is 11.5 Å². The van der Waals surface area contributed by atoms with Crippen LogP contribution in [0, 0.1) is 5.41 Å². The molecule has 0 aromatic heterocycles. The van der Waals surface area contributed by atoms with Gasteiger partial charge in [0.05, 0.1) is 12.7 Å². The SMILES string of the molecule is CC(C)(C)OC(=O)C1CC(OCCCOCc2ccccc2)CN1C(=O)C(NC(=O)Oc1cccc(O)c1)C(C)(C)C. The molecule has 2 aromatic carbocycles. The van der Waals surface area contributed by atoms with Crippen molar-refractivity contribution in [1.82, 2.24) is 10.2 Å². The lowest BCUT2D eigenvalue weighted by Crippen LogP contribution is -2.57. The summed E-state index contributed by atoms with van der Waals surface area (Å²) in [6.45, 7) is 12.3. The first-order valence-corrected chi connectivity index (χ1v) is 14.3. The molecule has 1 saturated heterocycles. The Bertz CT molecular complexity index is 1190. The lowest BCUT2D eigenvalue weighted by atomic mass is 9.85. The molecule has 2 aromatic rings. The number of aromatic hydroxyl groups is 1. The summed E-state index contributed by atoms with van der Waals surface area (Å²) in [5.41, 5.74) is -0.368. The molecule has 3 unspecified atom stereocenters. The molecule has 10 nitrogen and oxygen atoms in total. The van der Waals surface area contributed by atoms with Crippen molar-refractivity contribution >= 4 is 18.0 Å². The first kappa shape index (κ1) is 32.9. The summed E-state index contributed by atoms with van der Waals surface area (Å²) in [5.74, 6) is -0.900. The number of hydrogen-bond acceptors (Lipinski definition) is 8. The summed E-state index contributed by atoms with van der Waals surface area (Å²) in [6.07, 6.45) is -0.317. The van der Waals surface area contributed by atoms with E-state index < -0.39 is 41.1 Å². The quantitative estimate of drug-likeness (QED) is 0.284. The zero-order valence-electron chi connectivity index (χ0n) is 25.4. The molecule has 0 radical (unpaired) electrons. The van der Waals surface area contributed by atoms with Gasteiger partial charge in [0.1, 0.15) is 29.2 Å². The molecule has 0 spiro atoms. The van der Waals surface area contributed by atoms with E-state index in [0.717, 1.165) is 5.56 Å². The molecule has 1 fully saturated rings. The number of ether oxygens (including phenoxy) is 4. The molecular formula is C32H44N2O8. The lowest BCUT2D eigenvalue weighted by molar-refractivity contribution is -0.164. The van der Waals surface area contributed by atoms with Crippen LogP contribution in [-0.4, -0.2) is 71.5 Å². The van der Waals surface area contributed by atoms with E-state index in [-0.39, 0.29) is 30.6 Å². The Morgan fingerprint density at radius 2 is 1.71 bits per heavy atom. The van der Waals surface area contributed by atoms with Gasteiger partial charge in [-0.1, -0.05) is 57.2 Å². The van der Waals surface area contributed by atoms with Gasteiger partial charge in [0.2, 0.25) is 5.91 Å². The molecule has 1 aliphatic heterocycles. The van der Waals surface area contributed by atoms with Gasteiger partial charge in [-0.15, -0.1) is 0 Å². The summed E-state index contributed by atoms with van der Waals surface area (Å²) in [5, 5.41) is 12.3. The Hall–Kier alpha value is -3.63. The van der Waals surface area contributed by atoms with Crippen LogP contribution >= 0.6 is 0 Å². The lowest BCUT2D eigenvalue weighted by Gasteiger charge is -2.35. The molecule has 0 saturated carbocycles. The monoisotopic (exact) mass is 584 g/mol. The Kier molecular flexibility index (Phi) is 11.4. The van der Waals surface area contributed by atoms with Crippen LogP contribution in [0.3, 0.4) is 0 Å². The molecule has 42 heavy (non-hydrogen) atoms. The predicted octanol–water partition coefficient (Wildman–Crippen LogP) is 4.83. The highest BCUT2D eigenvalue weighted by molar-refractivity contribution is 5.91. The van der Waals surface area contributed by atoms with Gasteiger partial charge < -0.3 is 34.3 Å². The van der Waals surface area contributed by atoms with Crippen molar-refractivity contribution in [3.05, 3.63) is 60.2 Å². The fourth-order valence-electron chi connectivity index (χ4n) is 4.55. The first-order chi connectivity index (χ1) is 19.7. The summed E-state index contributed by atoms with van der Waals surface area (Å²) in [4.78, 5) is 41.4. The Morgan fingerprint density at radius 1 is 1.00 bits per heavy atom. The van der Waals surface area contributed by atoms with Crippen LogP contribution in [0.5, 0.6) is 11.5 Å². The fourth-order valence-corrected chi connectivity index (χ4v) is 4.55. The van der Waals surface area contributed by atoms with Crippen LogP contribution in [0.4, 0.5) is 4.79 Å². The standard InChI is InChI=1S/C32H44N2O8/c1-31(2,3)27(33-30(38)41-24-15-10-14-23(35)18-24)28(36)34-20-25(19-26(34)29(37)42-32(4,5)6)40-17-11-16-39-21-22-12-8-7-9-13-22/h7-10,12-15,18,25-27,35H,11,16-17,19-21H2,1-6H3,(H,33,38). The number of hydrogen-bond donors (Lipinski definition) is 2. The molecule has 230 valence electrons. The van der Waals surface area contributed by atoms with E-state index in [9.17, 15) is 19.5 Å². The summed E-state index contributed by atoms with van der Waals surface area (Å²) in [6, 6.07) is 13.8. The van der Waals surface area contributed by atoms with Gasteiger partial charge in [0.15, 0.2) is 0 Å². The van der Waals surface area contributed by atoms with Crippen molar-refractivity contribution in [3.63, 3.8) is 0 Å². The van der Waals surface area contributed by atoms with Gasteiger partial charge in [0, 0.05) is 32.2 Å². The fraction of sp³-hybridized carbons (Fsp3) is 0.531. The topological polar surface area (TPSA) is 124 Å². The number of likely N-dealkylation sites (tertiary alicyclic amines) is 1. The van der Waals surface area contributed by atoms with Crippen LogP contribution < -0.4 is 10.1 Å². The van der Waals surface area contributed by atoms with Crippen molar-refractivity contribution in [2.75, 3.05) is 19.8 Å². The van der Waals surface area contributed by atoms with Crippen LogP contribution in [0.25, 0.3) is 0 Å². The number of rotatable bonds is 11. The second kappa shape index (κ2) is 14.5. The zero-order chi connectivity index (χ0) is 30.9. The Balaban J connectivity index is 1.65. The maximum absolute atomic E-state index is 13.9. The number of nitrogens with one attached hydrogen (secondary N) is 1. The highest BCUT2D eigenvalue weighted by atomic mass is 16.6. The third-order valence-corrected chi connectivity index (χ3v) is 6.53. The average molecular weight is 585 g/mol. The number of esters is 1.